The van der Waals surface area contributed by atoms with Crippen LogP contribution in [0.4, 0.5) is 24.8 Å². The summed E-state index contributed by atoms with van der Waals surface area (Å²) in [4.78, 5) is 8.90. The summed E-state index contributed by atoms with van der Waals surface area (Å²) in [6.45, 7) is 2.79. The number of rotatable bonds is 3. The minimum Gasteiger partial charge on any atom is -0.384 e. The second kappa shape index (κ2) is 5.85. The Hall–Kier alpha value is -1.53. The molecule has 4 nitrogen and oxygen atoms in total. The second-order valence-electron chi connectivity index (χ2n) is 5.10. The van der Waals surface area contributed by atoms with E-state index in [1.54, 1.807) is 0 Å². The lowest BCUT2D eigenvalue weighted by Gasteiger charge is -2.36. The van der Waals surface area contributed by atoms with Crippen LogP contribution in [0.25, 0.3) is 0 Å². The average Bonchev–Trinajstić information content (AvgIpc) is 2.38. The van der Waals surface area contributed by atoms with Crippen LogP contribution in [0, 0.1) is 0 Å². The van der Waals surface area contributed by atoms with Gasteiger partial charge in [0.2, 0.25) is 5.82 Å². The van der Waals surface area contributed by atoms with Gasteiger partial charge in [0.25, 0.3) is 0 Å². The molecular formula is C13H19F3N4. The Morgan fingerprint density at radius 3 is 2.75 bits per heavy atom. The fraction of sp³-hybridized carbons (Fsp3) is 0.692. The molecule has 20 heavy (non-hydrogen) atoms. The van der Waals surface area contributed by atoms with Gasteiger partial charge in [0.05, 0.1) is 0 Å². The van der Waals surface area contributed by atoms with Gasteiger partial charge in [0.1, 0.15) is 11.6 Å². The molecule has 0 aromatic carbocycles. The van der Waals surface area contributed by atoms with Gasteiger partial charge in [-0.3, -0.25) is 0 Å². The monoisotopic (exact) mass is 288 g/mol. The molecule has 1 aliphatic heterocycles. The minimum atomic E-state index is -4.57. The van der Waals surface area contributed by atoms with Crippen LogP contribution in [0.3, 0.4) is 0 Å². The Kier molecular flexibility index (Phi) is 4.35. The van der Waals surface area contributed by atoms with Crippen molar-refractivity contribution in [2.75, 3.05) is 17.2 Å². The highest BCUT2D eigenvalue weighted by molar-refractivity contribution is 5.48. The van der Waals surface area contributed by atoms with Crippen molar-refractivity contribution >= 4 is 11.6 Å². The van der Waals surface area contributed by atoms with Crippen molar-refractivity contribution in [1.29, 1.82) is 0 Å². The maximum absolute atomic E-state index is 12.8. The zero-order chi connectivity index (χ0) is 14.8. The molecule has 0 saturated carbocycles. The first-order valence-corrected chi connectivity index (χ1v) is 6.90. The molecule has 1 fully saturated rings. The number of nitrogen functional groups attached to an aromatic ring is 1. The zero-order valence-corrected chi connectivity index (χ0v) is 11.5. The second-order valence-corrected chi connectivity index (χ2v) is 5.10. The van der Waals surface area contributed by atoms with Gasteiger partial charge in [-0.05, 0) is 25.7 Å². The summed E-state index contributed by atoms with van der Waals surface area (Å²) in [5.41, 5.74) is 5.50. The van der Waals surface area contributed by atoms with Gasteiger partial charge in [0, 0.05) is 18.7 Å². The number of halogens is 3. The Bertz CT molecular complexity index is 459. The molecule has 1 aliphatic rings. The maximum Gasteiger partial charge on any atom is 0.451 e. The number of alkyl halides is 3. The highest BCUT2D eigenvalue weighted by atomic mass is 19.4. The van der Waals surface area contributed by atoms with Crippen molar-refractivity contribution in [2.24, 2.45) is 0 Å². The summed E-state index contributed by atoms with van der Waals surface area (Å²) in [5, 5.41) is 0. The molecule has 1 aromatic heterocycles. The topological polar surface area (TPSA) is 55.0 Å². The van der Waals surface area contributed by atoms with E-state index in [4.69, 9.17) is 5.73 Å². The minimum absolute atomic E-state index is 0.136. The van der Waals surface area contributed by atoms with Crippen LogP contribution < -0.4 is 10.6 Å². The summed E-state index contributed by atoms with van der Waals surface area (Å²) in [7, 11) is 0. The predicted octanol–water partition coefficient (Wildman–Crippen LogP) is 3.24. The van der Waals surface area contributed by atoms with Gasteiger partial charge in [-0.2, -0.15) is 13.2 Å². The Balaban J connectivity index is 2.32. The van der Waals surface area contributed by atoms with Gasteiger partial charge in [-0.15, -0.1) is 0 Å². The number of hydrogen-bond acceptors (Lipinski definition) is 4. The molecule has 112 valence electrons. The first-order valence-electron chi connectivity index (χ1n) is 6.90. The van der Waals surface area contributed by atoms with E-state index in [2.05, 4.69) is 16.9 Å². The molecule has 2 N–H and O–H groups in total. The smallest absolute Gasteiger partial charge is 0.384 e. The lowest BCUT2D eigenvalue weighted by atomic mass is 9.98. The van der Waals surface area contributed by atoms with Gasteiger partial charge >= 0.3 is 6.18 Å². The third kappa shape index (κ3) is 3.32. The van der Waals surface area contributed by atoms with Crippen molar-refractivity contribution in [3.05, 3.63) is 11.9 Å². The van der Waals surface area contributed by atoms with E-state index in [9.17, 15) is 13.2 Å². The number of hydrogen-bond donors (Lipinski definition) is 1. The van der Waals surface area contributed by atoms with E-state index in [0.29, 0.717) is 5.82 Å². The summed E-state index contributed by atoms with van der Waals surface area (Å²) >= 11 is 0. The predicted molar refractivity (Wildman–Crippen MR) is 71.3 cm³/mol. The highest BCUT2D eigenvalue weighted by Crippen LogP contribution is 2.31. The number of aromatic nitrogens is 2. The third-order valence-corrected chi connectivity index (χ3v) is 3.53. The first kappa shape index (κ1) is 14.9. The van der Waals surface area contributed by atoms with Crippen LogP contribution in [-0.4, -0.2) is 22.6 Å². The van der Waals surface area contributed by atoms with Crippen LogP contribution in [0.15, 0.2) is 6.07 Å². The van der Waals surface area contributed by atoms with Gasteiger partial charge in [0.15, 0.2) is 0 Å². The van der Waals surface area contributed by atoms with E-state index in [0.717, 1.165) is 38.6 Å². The quantitative estimate of drug-likeness (QED) is 0.927. The summed E-state index contributed by atoms with van der Waals surface area (Å²) in [6, 6.07) is 1.67. The maximum atomic E-state index is 12.8. The lowest BCUT2D eigenvalue weighted by Crippen LogP contribution is -2.40. The summed E-state index contributed by atoms with van der Waals surface area (Å²) in [6.07, 6.45) is 0.428. The average molecular weight is 288 g/mol. The zero-order valence-electron chi connectivity index (χ0n) is 11.5. The molecule has 2 heterocycles. The molecule has 7 heteroatoms. The van der Waals surface area contributed by atoms with Crippen molar-refractivity contribution in [2.45, 2.75) is 51.2 Å². The van der Waals surface area contributed by atoms with Crippen LogP contribution in [0.5, 0.6) is 0 Å². The van der Waals surface area contributed by atoms with Crippen LogP contribution in [-0.2, 0) is 6.18 Å². The molecule has 1 aromatic rings. The standard InChI is InChI=1S/C13H19F3N4/c1-2-5-9-6-3-4-7-20(9)11-8-10(17)18-12(19-11)13(14,15)16/h8-9H,2-7H2,1H3,(H2,17,18,19). The number of nitrogens with two attached hydrogens (primary N) is 1. The fourth-order valence-corrected chi connectivity index (χ4v) is 2.66. The van der Waals surface area contributed by atoms with Crippen molar-refractivity contribution < 1.29 is 13.2 Å². The lowest BCUT2D eigenvalue weighted by molar-refractivity contribution is -0.144. The molecule has 0 aliphatic carbocycles. The van der Waals surface area contributed by atoms with E-state index >= 15 is 0 Å². The normalized spacial score (nSPS) is 20.2. The molecule has 1 saturated heterocycles. The molecule has 2 rings (SSSR count). The molecule has 0 bridgehead atoms. The molecule has 0 amide bonds. The SMILES string of the molecule is CCCC1CCCCN1c1cc(N)nc(C(F)(F)F)n1. The van der Waals surface area contributed by atoms with Crippen LogP contribution in [0.2, 0.25) is 0 Å². The Labute approximate surface area is 116 Å². The van der Waals surface area contributed by atoms with Crippen LogP contribution in [0.1, 0.15) is 44.9 Å². The Morgan fingerprint density at radius 1 is 1.35 bits per heavy atom. The number of anilines is 2. The van der Waals surface area contributed by atoms with E-state index in [1.807, 2.05) is 4.90 Å². The largest absolute Gasteiger partial charge is 0.451 e. The van der Waals surface area contributed by atoms with Gasteiger partial charge in [-0.1, -0.05) is 13.3 Å². The first-order chi connectivity index (χ1) is 9.41. The van der Waals surface area contributed by atoms with Crippen molar-refractivity contribution in [3.63, 3.8) is 0 Å². The van der Waals surface area contributed by atoms with Gasteiger partial charge in [-0.25, -0.2) is 9.97 Å². The molecule has 0 radical (unpaired) electrons. The van der Waals surface area contributed by atoms with Crippen molar-refractivity contribution in [1.82, 2.24) is 9.97 Å². The molecular weight excluding hydrogens is 269 g/mol. The highest BCUT2D eigenvalue weighted by Gasteiger charge is 2.36. The van der Waals surface area contributed by atoms with Crippen molar-refractivity contribution in [3.8, 4) is 0 Å². The van der Waals surface area contributed by atoms with E-state index < -0.39 is 12.0 Å². The third-order valence-electron chi connectivity index (χ3n) is 3.53. The molecule has 1 unspecified atom stereocenters. The summed E-state index contributed by atoms with van der Waals surface area (Å²) in [5.74, 6) is -1.00. The molecule has 1 atom stereocenters. The number of nitrogens with zero attached hydrogens (tertiary/aromatic N) is 3. The molecule has 0 spiro atoms. The summed E-state index contributed by atoms with van der Waals surface area (Å²) < 4.78 is 38.3. The van der Waals surface area contributed by atoms with Gasteiger partial charge < -0.3 is 10.6 Å². The van der Waals surface area contributed by atoms with E-state index in [1.165, 1.54) is 6.07 Å². The Morgan fingerprint density at radius 2 is 2.10 bits per heavy atom. The fourth-order valence-electron chi connectivity index (χ4n) is 2.66. The van der Waals surface area contributed by atoms with Crippen LogP contribution >= 0.6 is 0 Å². The number of piperidine rings is 1. The van der Waals surface area contributed by atoms with E-state index in [-0.39, 0.29) is 11.9 Å².